The number of hydrogen-bond donors (Lipinski definition) is 2. The van der Waals surface area contributed by atoms with E-state index in [9.17, 15) is 4.79 Å². The van der Waals surface area contributed by atoms with Crippen LogP contribution in [0.3, 0.4) is 0 Å². The number of nitrogens with zero attached hydrogens (tertiary/aromatic N) is 5. The monoisotopic (exact) mass is 681 g/mol. The van der Waals surface area contributed by atoms with E-state index in [2.05, 4.69) is 90.4 Å². The molecule has 51 heavy (non-hydrogen) atoms. The second-order valence-corrected chi connectivity index (χ2v) is 13.8. The number of rotatable bonds is 13. The summed E-state index contributed by atoms with van der Waals surface area (Å²) in [5, 5.41) is 2.29. The number of imidazole rings is 2. The van der Waals surface area contributed by atoms with Crippen LogP contribution in [0.1, 0.15) is 55.6 Å². The van der Waals surface area contributed by atoms with Crippen molar-refractivity contribution in [1.82, 2.24) is 34.6 Å². The lowest BCUT2D eigenvalue weighted by Crippen LogP contribution is -2.40. The van der Waals surface area contributed by atoms with Gasteiger partial charge in [0.05, 0.1) is 36.4 Å². The normalized spacial score (nSPS) is 12.9. The summed E-state index contributed by atoms with van der Waals surface area (Å²) < 4.78 is 6.21. The fraction of sp³-hybridized carbons (Fsp3) is 0.310. The summed E-state index contributed by atoms with van der Waals surface area (Å²) in [6.07, 6.45) is 3.84. The Bertz CT molecular complexity index is 2130. The molecule has 6 aromatic rings. The standard InChI is InChI=1S/C42H47N7O2/c1-6-19-48(5)25-39-45-36-27-51-37-23-32(17-18-34(37)40(36)46-39)30-13-14-31-22-33(16-15-29(31)21-30)35-24-43-38(44-35)26-49(20-7-2)42(50)41(47(3)4)28-11-9-8-10-12-28/h8-18,21-24,41H,6-7,19-20,25-27H2,1-5H3,(H,43,44)(H,45,46). The van der Waals surface area contributed by atoms with Crippen LogP contribution < -0.4 is 4.74 Å². The van der Waals surface area contributed by atoms with Gasteiger partial charge in [-0.15, -0.1) is 0 Å². The lowest BCUT2D eigenvalue weighted by atomic mass is 9.97. The third-order valence-electron chi connectivity index (χ3n) is 9.59. The maximum Gasteiger partial charge on any atom is 0.244 e. The number of ether oxygens (including phenoxy) is 1. The van der Waals surface area contributed by atoms with Crippen molar-refractivity contribution in [3.8, 4) is 39.4 Å². The van der Waals surface area contributed by atoms with Crippen LogP contribution in [0, 0.1) is 0 Å². The number of H-pyrrole nitrogens is 2. The van der Waals surface area contributed by atoms with E-state index in [0.717, 1.165) is 99.0 Å². The molecule has 4 aromatic carbocycles. The molecule has 0 saturated carbocycles. The highest BCUT2D eigenvalue weighted by molar-refractivity contribution is 5.91. The van der Waals surface area contributed by atoms with Crippen molar-refractivity contribution < 1.29 is 9.53 Å². The lowest BCUT2D eigenvalue weighted by molar-refractivity contribution is -0.137. The van der Waals surface area contributed by atoms with Crippen molar-refractivity contribution >= 4 is 16.7 Å². The Morgan fingerprint density at radius 1 is 0.804 bits per heavy atom. The Morgan fingerprint density at radius 3 is 2.25 bits per heavy atom. The van der Waals surface area contributed by atoms with Gasteiger partial charge in [0.15, 0.2) is 0 Å². The number of fused-ring (bicyclic) bond motifs is 4. The SMILES string of the molecule is CCCN(C)Cc1nc2c([nH]1)COc1cc(-c3ccc4cc(-c5cnc(CN(CCC)C(=O)C(c6ccccc6)N(C)C)[nH]5)ccc4c3)ccc1-2. The van der Waals surface area contributed by atoms with Crippen molar-refractivity contribution in [2.45, 2.75) is 52.4 Å². The molecular formula is C42H47N7O2. The average Bonchev–Trinajstić information content (AvgIpc) is 3.78. The Labute approximate surface area is 300 Å². The number of aromatic nitrogens is 4. The van der Waals surface area contributed by atoms with Crippen LogP contribution in [-0.4, -0.2) is 74.8 Å². The first-order valence-corrected chi connectivity index (χ1v) is 17.9. The molecule has 0 saturated heterocycles. The number of amides is 1. The van der Waals surface area contributed by atoms with Gasteiger partial charge in [0.2, 0.25) is 5.91 Å². The van der Waals surface area contributed by atoms with Crippen LogP contribution in [0.5, 0.6) is 5.75 Å². The molecule has 9 nitrogen and oxygen atoms in total. The molecule has 7 rings (SSSR count). The molecule has 0 aliphatic carbocycles. The molecule has 0 bridgehead atoms. The first-order valence-electron chi connectivity index (χ1n) is 17.9. The van der Waals surface area contributed by atoms with Crippen molar-refractivity contribution in [2.24, 2.45) is 0 Å². The molecule has 2 aromatic heterocycles. The zero-order valence-electron chi connectivity index (χ0n) is 30.2. The quantitative estimate of drug-likeness (QED) is 0.128. The molecule has 262 valence electrons. The van der Waals surface area contributed by atoms with Crippen molar-refractivity contribution in [1.29, 1.82) is 0 Å². The smallest absolute Gasteiger partial charge is 0.244 e. The van der Waals surface area contributed by atoms with Crippen LogP contribution >= 0.6 is 0 Å². The van der Waals surface area contributed by atoms with E-state index in [4.69, 9.17) is 14.7 Å². The first kappa shape index (κ1) is 34.2. The predicted octanol–water partition coefficient (Wildman–Crippen LogP) is 8.06. The van der Waals surface area contributed by atoms with E-state index in [1.807, 2.05) is 60.4 Å². The Balaban J connectivity index is 1.07. The molecule has 0 fully saturated rings. The molecule has 1 amide bonds. The summed E-state index contributed by atoms with van der Waals surface area (Å²) in [6, 6.07) is 29.1. The van der Waals surface area contributed by atoms with E-state index in [0.29, 0.717) is 19.7 Å². The summed E-state index contributed by atoms with van der Waals surface area (Å²) in [5.41, 5.74) is 8.26. The third kappa shape index (κ3) is 7.31. The van der Waals surface area contributed by atoms with Crippen LogP contribution in [0.25, 0.3) is 44.4 Å². The van der Waals surface area contributed by atoms with Gasteiger partial charge in [0.25, 0.3) is 0 Å². The molecule has 0 radical (unpaired) electrons. The molecule has 0 spiro atoms. The number of carbonyl (C=O) groups excluding carboxylic acids is 1. The highest BCUT2D eigenvalue weighted by atomic mass is 16.5. The first-order chi connectivity index (χ1) is 24.8. The van der Waals surface area contributed by atoms with E-state index in [-0.39, 0.29) is 11.9 Å². The van der Waals surface area contributed by atoms with Gasteiger partial charge in [0.1, 0.15) is 30.0 Å². The van der Waals surface area contributed by atoms with Gasteiger partial charge in [-0.05, 0) is 92.3 Å². The van der Waals surface area contributed by atoms with Crippen molar-refractivity contribution in [2.75, 3.05) is 34.2 Å². The minimum atomic E-state index is -0.355. The van der Waals surface area contributed by atoms with E-state index in [1.165, 1.54) is 0 Å². The predicted molar refractivity (Wildman–Crippen MR) is 204 cm³/mol. The summed E-state index contributed by atoms with van der Waals surface area (Å²) in [7, 11) is 6.03. The second kappa shape index (κ2) is 14.9. The number of likely N-dealkylation sites (N-methyl/N-ethyl adjacent to an activating group) is 1. The topological polar surface area (TPSA) is 93.4 Å². The number of carbonyl (C=O) groups is 1. The van der Waals surface area contributed by atoms with Crippen LogP contribution in [-0.2, 0) is 24.5 Å². The van der Waals surface area contributed by atoms with Crippen molar-refractivity contribution in [3.05, 3.63) is 114 Å². The Kier molecular flexibility index (Phi) is 10.0. The van der Waals surface area contributed by atoms with Gasteiger partial charge in [-0.1, -0.05) is 74.5 Å². The Morgan fingerprint density at radius 2 is 1.51 bits per heavy atom. The van der Waals surface area contributed by atoms with Crippen molar-refractivity contribution in [3.63, 3.8) is 0 Å². The molecule has 1 atom stereocenters. The van der Waals surface area contributed by atoms with Crippen LogP contribution in [0.2, 0.25) is 0 Å². The highest BCUT2D eigenvalue weighted by Crippen LogP contribution is 2.39. The average molecular weight is 682 g/mol. The minimum Gasteiger partial charge on any atom is -0.487 e. The second-order valence-electron chi connectivity index (χ2n) is 13.8. The number of benzene rings is 4. The number of nitrogens with one attached hydrogen (secondary N) is 2. The number of aromatic amines is 2. The summed E-state index contributed by atoms with van der Waals surface area (Å²) in [4.78, 5) is 36.6. The third-order valence-corrected chi connectivity index (χ3v) is 9.59. The summed E-state index contributed by atoms with van der Waals surface area (Å²) in [5.74, 6) is 2.68. The molecule has 2 N–H and O–H groups in total. The van der Waals surface area contributed by atoms with Gasteiger partial charge >= 0.3 is 0 Å². The van der Waals surface area contributed by atoms with Gasteiger partial charge in [-0.2, -0.15) is 0 Å². The van der Waals surface area contributed by atoms with E-state index >= 15 is 0 Å². The lowest BCUT2D eigenvalue weighted by Gasteiger charge is -2.30. The molecule has 1 aliphatic heterocycles. The van der Waals surface area contributed by atoms with Gasteiger partial charge in [0, 0.05) is 17.7 Å². The minimum absolute atomic E-state index is 0.0730. The fourth-order valence-corrected chi connectivity index (χ4v) is 7.12. The van der Waals surface area contributed by atoms with E-state index in [1.54, 1.807) is 0 Å². The molecule has 1 aliphatic rings. The van der Waals surface area contributed by atoms with Gasteiger partial charge in [-0.25, -0.2) is 9.97 Å². The zero-order chi connectivity index (χ0) is 35.5. The zero-order valence-corrected chi connectivity index (χ0v) is 30.2. The van der Waals surface area contributed by atoms with Crippen LogP contribution in [0.4, 0.5) is 0 Å². The highest BCUT2D eigenvalue weighted by Gasteiger charge is 2.28. The fourth-order valence-electron chi connectivity index (χ4n) is 7.12. The molecular weight excluding hydrogens is 635 g/mol. The number of hydrogen-bond acceptors (Lipinski definition) is 6. The Hall–Kier alpha value is -5.25. The molecule has 3 heterocycles. The van der Waals surface area contributed by atoms with E-state index < -0.39 is 0 Å². The maximum absolute atomic E-state index is 13.8. The summed E-state index contributed by atoms with van der Waals surface area (Å²) in [6.45, 7) is 7.68. The molecule has 9 heteroatoms. The van der Waals surface area contributed by atoms with Gasteiger partial charge < -0.3 is 19.6 Å². The van der Waals surface area contributed by atoms with Gasteiger partial charge in [-0.3, -0.25) is 14.6 Å². The summed E-state index contributed by atoms with van der Waals surface area (Å²) >= 11 is 0. The van der Waals surface area contributed by atoms with Crippen LogP contribution in [0.15, 0.2) is 91.1 Å². The maximum atomic E-state index is 13.8. The largest absolute Gasteiger partial charge is 0.487 e. The molecule has 1 unspecified atom stereocenters.